The van der Waals surface area contributed by atoms with E-state index in [1.54, 1.807) is 0 Å². The van der Waals surface area contributed by atoms with Crippen molar-refractivity contribution in [1.82, 2.24) is 0 Å². The summed E-state index contributed by atoms with van der Waals surface area (Å²) >= 11 is 0. The van der Waals surface area contributed by atoms with E-state index in [2.05, 4.69) is 83.6 Å². The number of fused-ring (bicyclic) bond motifs is 4. The first-order chi connectivity index (χ1) is 30.6. The average molecular weight is 845 g/mol. The molecule has 0 atom stereocenters. The first kappa shape index (κ1) is 40.4. The van der Waals surface area contributed by atoms with Crippen LogP contribution in [-0.4, -0.2) is 16.1 Å². The van der Waals surface area contributed by atoms with Crippen LogP contribution in [0, 0.1) is 45.6 Å². The lowest BCUT2D eigenvalue weighted by atomic mass is 9.88. The number of nitriles is 2. The molecule has 0 spiro atoms. The predicted octanol–water partition coefficient (Wildman–Crippen LogP) is 16.4. The van der Waals surface area contributed by atoms with E-state index in [1.807, 2.05) is 12.1 Å². The van der Waals surface area contributed by atoms with Crippen LogP contribution in [-0.2, 0) is 0 Å². The summed E-state index contributed by atoms with van der Waals surface area (Å²) in [6, 6.07) is 27.3. The molecule has 11 rings (SSSR count). The van der Waals surface area contributed by atoms with Crippen LogP contribution in [0.4, 0.5) is 0 Å². The molecular formula is C58H64N2Si2. The van der Waals surface area contributed by atoms with Gasteiger partial charge in [0, 0.05) is 11.1 Å². The summed E-state index contributed by atoms with van der Waals surface area (Å²) in [6.45, 7) is 0. The Bertz CT molecular complexity index is 2470. The van der Waals surface area contributed by atoms with E-state index in [4.69, 9.17) is 0 Å². The maximum Gasteiger partial charge on any atom is 0.148 e. The SMILES string of the molecule is N#Cc1cc2cc3c(C#C[Si](C4CCCC4)(C4CCCC4)C4CCCC4)c4cc5ccccc5cc4c(C#C[Si](C4CCCC4)(C4CCCC4)C4CCCC4)c3cc2cc1C#N. The number of rotatable bonds is 6. The van der Waals surface area contributed by atoms with Gasteiger partial charge in [0.15, 0.2) is 0 Å². The zero-order valence-electron chi connectivity index (χ0n) is 37.1. The average Bonchev–Trinajstić information content (AvgIpc) is 4.17. The highest BCUT2D eigenvalue weighted by Gasteiger charge is 2.55. The van der Waals surface area contributed by atoms with Crippen molar-refractivity contribution in [2.45, 2.75) is 187 Å². The van der Waals surface area contributed by atoms with Gasteiger partial charge in [-0.15, -0.1) is 11.1 Å². The molecule has 0 unspecified atom stereocenters. The molecule has 314 valence electrons. The highest BCUT2D eigenvalue weighted by atomic mass is 28.3. The minimum absolute atomic E-state index is 0.453. The summed E-state index contributed by atoms with van der Waals surface area (Å²) in [6.07, 6.45) is 33.4. The Balaban J connectivity index is 1.24. The molecule has 0 heterocycles. The molecule has 6 aliphatic rings. The third kappa shape index (κ3) is 6.78. The highest BCUT2D eigenvalue weighted by Crippen LogP contribution is 2.60. The van der Waals surface area contributed by atoms with Crippen molar-refractivity contribution in [2.24, 2.45) is 0 Å². The quantitative estimate of drug-likeness (QED) is 0.0971. The minimum Gasteiger partial charge on any atom is -0.192 e. The lowest BCUT2D eigenvalue weighted by Crippen LogP contribution is -2.46. The van der Waals surface area contributed by atoms with Crippen molar-refractivity contribution in [3.8, 4) is 35.1 Å². The van der Waals surface area contributed by atoms with Gasteiger partial charge < -0.3 is 0 Å². The standard InChI is InChI=1S/C58H64N2Si2/c59-39-45-33-43-37-57-53(29-31-61(47-17-3-4-18-47,48-19-5-6-20-48)49-21-7-8-22-49)55-35-41-15-1-2-16-42(41)36-56(55)54(58(57)38-44(43)34-46(45)40-60)30-32-62(50-23-9-10-24-50,51-25-11-12-26-51)52-27-13-14-28-52/h1-2,15-16,33-38,47-52H,3-14,17-28H2. The second-order valence-corrected chi connectivity index (χ2v) is 30.2. The van der Waals surface area contributed by atoms with Gasteiger partial charge in [0.25, 0.3) is 0 Å². The lowest BCUT2D eigenvalue weighted by molar-refractivity contribution is 0.690. The van der Waals surface area contributed by atoms with E-state index in [-0.39, 0.29) is 0 Å². The molecule has 0 aromatic heterocycles. The van der Waals surface area contributed by atoms with Crippen LogP contribution in [0.25, 0.3) is 43.1 Å². The van der Waals surface area contributed by atoms with E-state index in [1.165, 1.54) is 198 Å². The Morgan fingerprint density at radius 2 is 0.613 bits per heavy atom. The predicted molar refractivity (Wildman–Crippen MR) is 264 cm³/mol. The van der Waals surface area contributed by atoms with Crippen molar-refractivity contribution in [3.05, 3.63) is 82.9 Å². The topological polar surface area (TPSA) is 47.6 Å². The van der Waals surface area contributed by atoms with Gasteiger partial charge >= 0.3 is 0 Å². The summed E-state index contributed by atoms with van der Waals surface area (Å²) in [5, 5.41) is 30.0. The smallest absolute Gasteiger partial charge is 0.148 e. The Morgan fingerprint density at radius 3 is 0.871 bits per heavy atom. The fourth-order valence-electron chi connectivity index (χ4n) is 15.5. The fourth-order valence-corrected chi connectivity index (χ4v) is 29.6. The maximum absolute atomic E-state index is 10.2. The summed E-state index contributed by atoms with van der Waals surface area (Å²) in [4.78, 5) is 0. The Kier molecular flexibility index (Phi) is 11.1. The molecular weight excluding hydrogens is 781 g/mol. The van der Waals surface area contributed by atoms with E-state index in [9.17, 15) is 10.5 Å². The Hall–Kier alpha value is -4.33. The summed E-state index contributed by atoms with van der Waals surface area (Å²) in [5.74, 6) is 8.54. The van der Waals surface area contributed by atoms with Crippen LogP contribution in [0.15, 0.2) is 60.7 Å². The van der Waals surface area contributed by atoms with E-state index in [0.717, 1.165) is 44.0 Å². The van der Waals surface area contributed by atoms with Gasteiger partial charge in [0.2, 0.25) is 0 Å². The molecule has 0 bridgehead atoms. The zero-order valence-corrected chi connectivity index (χ0v) is 39.1. The first-order valence-electron chi connectivity index (χ1n) is 25.4. The molecule has 0 amide bonds. The normalized spacial score (nSPS) is 21.3. The summed E-state index contributed by atoms with van der Waals surface area (Å²) in [5.41, 5.74) is 17.3. The van der Waals surface area contributed by atoms with Gasteiger partial charge in [-0.25, -0.2) is 0 Å². The van der Waals surface area contributed by atoms with Crippen LogP contribution >= 0.6 is 0 Å². The summed E-state index contributed by atoms with van der Waals surface area (Å²) in [7, 11) is -4.10. The molecule has 2 nitrogen and oxygen atoms in total. The largest absolute Gasteiger partial charge is 0.192 e. The fraction of sp³-hybridized carbons (Fsp3) is 0.517. The molecule has 4 heteroatoms. The third-order valence-electron chi connectivity index (χ3n) is 18.3. The van der Waals surface area contributed by atoms with Crippen LogP contribution in [0.2, 0.25) is 33.2 Å². The molecule has 0 N–H and O–H groups in total. The maximum atomic E-state index is 10.2. The van der Waals surface area contributed by atoms with Crippen LogP contribution < -0.4 is 0 Å². The second kappa shape index (κ2) is 17.0. The second-order valence-electron chi connectivity index (χ2n) is 21.1. The monoisotopic (exact) mass is 844 g/mol. The molecule has 6 aliphatic carbocycles. The molecule has 5 aromatic carbocycles. The van der Waals surface area contributed by atoms with E-state index in [0.29, 0.717) is 11.1 Å². The third-order valence-corrected chi connectivity index (χ3v) is 31.0. The van der Waals surface area contributed by atoms with Crippen LogP contribution in [0.5, 0.6) is 0 Å². The van der Waals surface area contributed by atoms with Crippen molar-refractivity contribution in [1.29, 1.82) is 10.5 Å². The molecule has 0 radical (unpaired) electrons. The molecule has 0 saturated heterocycles. The highest BCUT2D eigenvalue weighted by molar-refractivity contribution is 6.91. The van der Waals surface area contributed by atoms with Crippen LogP contribution in [0.1, 0.15) is 176 Å². The van der Waals surface area contributed by atoms with Gasteiger partial charge in [-0.3, -0.25) is 0 Å². The summed E-state index contributed by atoms with van der Waals surface area (Å²) < 4.78 is 0. The van der Waals surface area contributed by atoms with Crippen molar-refractivity contribution >= 4 is 59.2 Å². The van der Waals surface area contributed by atoms with E-state index < -0.39 is 16.1 Å². The lowest BCUT2D eigenvalue weighted by Gasteiger charge is -2.43. The number of hydrogen-bond donors (Lipinski definition) is 0. The Morgan fingerprint density at radius 1 is 0.355 bits per heavy atom. The van der Waals surface area contributed by atoms with Gasteiger partial charge in [-0.2, -0.15) is 10.5 Å². The molecule has 62 heavy (non-hydrogen) atoms. The van der Waals surface area contributed by atoms with Crippen molar-refractivity contribution in [3.63, 3.8) is 0 Å². The number of hydrogen-bond acceptors (Lipinski definition) is 2. The van der Waals surface area contributed by atoms with E-state index >= 15 is 0 Å². The molecule has 0 aliphatic heterocycles. The first-order valence-corrected chi connectivity index (χ1v) is 29.8. The molecule has 5 aromatic rings. The van der Waals surface area contributed by atoms with Crippen LogP contribution in [0.3, 0.4) is 0 Å². The molecule has 6 fully saturated rings. The van der Waals surface area contributed by atoms with Crippen molar-refractivity contribution < 1.29 is 0 Å². The Labute approximate surface area is 373 Å². The number of benzene rings is 5. The number of nitrogens with zero attached hydrogens (tertiary/aromatic N) is 2. The minimum atomic E-state index is -2.05. The van der Waals surface area contributed by atoms with Gasteiger partial charge in [0.1, 0.15) is 28.3 Å². The van der Waals surface area contributed by atoms with Gasteiger partial charge in [-0.05, 0) is 113 Å². The zero-order chi connectivity index (χ0) is 41.7. The molecule has 6 saturated carbocycles. The van der Waals surface area contributed by atoms with Crippen molar-refractivity contribution in [2.75, 3.05) is 0 Å². The van der Waals surface area contributed by atoms with Gasteiger partial charge in [-0.1, -0.05) is 190 Å². The van der Waals surface area contributed by atoms with Gasteiger partial charge in [0.05, 0.1) is 11.1 Å².